The monoisotopic (exact) mass is 238 g/mol. The second-order valence-corrected chi connectivity index (χ2v) is 5.13. The van der Waals surface area contributed by atoms with Crippen molar-refractivity contribution in [2.75, 3.05) is 11.9 Å². The molecule has 2 rings (SSSR count). The summed E-state index contributed by atoms with van der Waals surface area (Å²) in [5.41, 5.74) is -0.466. The highest BCUT2D eigenvalue weighted by atomic mass is 16.6. The number of fused-ring (bicyclic) bond motifs is 1. The second-order valence-electron chi connectivity index (χ2n) is 5.13. The molecule has 0 saturated carbocycles. The van der Waals surface area contributed by atoms with Gasteiger partial charge in [-0.15, -0.1) is 0 Å². The van der Waals surface area contributed by atoms with E-state index in [9.17, 15) is 4.79 Å². The van der Waals surface area contributed by atoms with E-state index >= 15 is 0 Å². The number of amides is 1. The van der Waals surface area contributed by atoms with Crippen LogP contribution in [0.5, 0.6) is 0 Å². The van der Waals surface area contributed by atoms with E-state index in [4.69, 9.17) is 4.74 Å². The third-order valence-corrected chi connectivity index (χ3v) is 2.36. The Labute approximate surface area is 100 Å². The maximum Gasteiger partial charge on any atom is 0.407 e. The molecule has 2 heterocycles. The first-order valence-electron chi connectivity index (χ1n) is 5.68. The molecule has 17 heavy (non-hydrogen) atoms. The van der Waals surface area contributed by atoms with Gasteiger partial charge in [-0.2, -0.15) is 0 Å². The Morgan fingerprint density at radius 3 is 3.12 bits per heavy atom. The maximum atomic E-state index is 11.6. The highest BCUT2D eigenvalue weighted by Gasteiger charge is 2.22. The molecule has 1 aliphatic heterocycles. The molecule has 0 aromatic carbocycles. The molecule has 94 valence electrons. The van der Waals surface area contributed by atoms with Crippen LogP contribution in [0.25, 0.3) is 0 Å². The van der Waals surface area contributed by atoms with Gasteiger partial charge in [0.15, 0.2) is 0 Å². The third-order valence-electron chi connectivity index (χ3n) is 2.36. The van der Waals surface area contributed by atoms with Crippen molar-refractivity contribution < 1.29 is 9.53 Å². The van der Waals surface area contributed by atoms with Gasteiger partial charge in [0.2, 0.25) is 5.95 Å². The van der Waals surface area contributed by atoms with Crippen LogP contribution < -0.4 is 10.6 Å². The number of hydrogen-bond donors (Lipinski definition) is 2. The first-order valence-corrected chi connectivity index (χ1v) is 5.68. The number of carbonyl (C=O) groups excluding carboxylic acids is 1. The van der Waals surface area contributed by atoms with Crippen LogP contribution in [-0.2, 0) is 11.3 Å². The second kappa shape index (κ2) is 4.27. The summed E-state index contributed by atoms with van der Waals surface area (Å²) < 4.78 is 7.17. The van der Waals surface area contributed by atoms with Gasteiger partial charge in [-0.25, -0.2) is 9.78 Å². The fraction of sp³-hybridized carbons (Fsp3) is 0.636. The molecule has 0 unspecified atom stereocenters. The van der Waals surface area contributed by atoms with Crippen molar-refractivity contribution in [3.05, 3.63) is 12.4 Å². The summed E-state index contributed by atoms with van der Waals surface area (Å²) in [7, 11) is 0. The number of nitrogens with zero attached hydrogens (tertiary/aromatic N) is 2. The van der Waals surface area contributed by atoms with Gasteiger partial charge in [-0.1, -0.05) is 0 Å². The molecule has 1 atom stereocenters. The van der Waals surface area contributed by atoms with Gasteiger partial charge in [-0.05, 0) is 20.8 Å². The van der Waals surface area contributed by atoms with Gasteiger partial charge >= 0.3 is 6.09 Å². The van der Waals surface area contributed by atoms with E-state index in [0.29, 0.717) is 13.1 Å². The quantitative estimate of drug-likeness (QED) is 0.771. The first kappa shape index (κ1) is 11.8. The average Bonchev–Trinajstić information content (AvgIpc) is 2.61. The molecular weight excluding hydrogens is 220 g/mol. The van der Waals surface area contributed by atoms with E-state index < -0.39 is 5.60 Å². The van der Waals surface area contributed by atoms with Crippen molar-refractivity contribution in [3.8, 4) is 0 Å². The predicted molar refractivity (Wildman–Crippen MR) is 63.9 cm³/mol. The molecule has 0 fully saturated rings. The Kier molecular flexibility index (Phi) is 2.95. The summed E-state index contributed by atoms with van der Waals surface area (Å²) in [6.45, 7) is 6.91. The van der Waals surface area contributed by atoms with Gasteiger partial charge in [-0.3, -0.25) is 0 Å². The first-order chi connectivity index (χ1) is 7.94. The number of ether oxygens (including phenoxy) is 1. The van der Waals surface area contributed by atoms with E-state index in [1.165, 1.54) is 0 Å². The van der Waals surface area contributed by atoms with E-state index in [1.54, 1.807) is 6.20 Å². The average molecular weight is 238 g/mol. The molecule has 0 saturated heterocycles. The van der Waals surface area contributed by atoms with Crippen LogP contribution in [0.3, 0.4) is 0 Å². The van der Waals surface area contributed by atoms with Crippen LogP contribution >= 0.6 is 0 Å². The predicted octanol–water partition coefficient (Wildman–Crippen LogP) is 1.20. The van der Waals surface area contributed by atoms with Crippen molar-refractivity contribution >= 4 is 12.0 Å². The van der Waals surface area contributed by atoms with Crippen LogP contribution in [0.15, 0.2) is 12.4 Å². The fourth-order valence-electron chi connectivity index (χ4n) is 1.71. The standard InChI is InChI=1S/C11H18N4O2/c1-11(2,3)17-10(16)14-8-6-13-9-12-4-5-15(9)7-8/h4-5,8H,6-7H2,1-3H3,(H,12,13)(H,14,16)/t8-/m1/s1. The summed E-state index contributed by atoms with van der Waals surface area (Å²) in [6.07, 6.45) is 3.23. The summed E-state index contributed by atoms with van der Waals surface area (Å²) in [4.78, 5) is 15.7. The highest BCUT2D eigenvalue weighted by Crippen LogP contribution is 2.12. The molecule has 0 bridgehead atoms. The van der Waals surface area contributed by atoms with Crippen LogP contribution in [0, 0.1) is 0 Å². The fourth-order valence-corrected chi connectivity index (χ4v) is 1.71. The molecule has 0 aliphatic carbocycles. The highest BCUT2D eigenvalue weighted by molar-refractivity contribution is 5.68. The number of rotatable bonds is 1. The Balaban J connectivity index is 1.88. The topological polar surface area (TPSA) is 68.2 Å². The number of imidazole rings is 1. The van der Waals surface area contributed by atoms with E-state index in [0.717, 1.165) is 5.95 Å². The van der Waals surface area contributed by atoms with Gasteiger partial charge in [0.05, 0.1) is 6.04 Å². The molecule has 1 aliphatic rings. The molecule has 0 spiro atoms. The Bertz CT molecular complexity index is 408. The molecule has 2 N–H and O–H groups in total. The van der Waals surface area contributed by atoms with Crippen molar-refractivity contribution in [2.24, 2.45) is 0 Å². The number of anilines is 1. The van der Waals surface area contributed by atoms with Crippen LogP contribution in [0.4, 0.5) is 10.7 Å². The minimum Gasteiger partial charge on any atom is -0.444 e. The minimum absolute atomic E-state index is 0.0200. The van der Waals surface area contributed by atoms with Gasteiger partial charge < -0.3 is 19.9 Å². The number of carbonyl (C=O) groups is 1. The van der Waals surface area contributed by atoms with Gasteiger partial charge in [0, 0.05) is 25.5 Å². The SMILES string of the molecule is CC(C)(C)OC(=O)N[C@@H]1CNc2nccn2C1. The molecule has 1 aromatic rings. The lowest BCUT2D eigenvalue weighted by Crippen LogP contribution is -2.47. The lowest BCUT2D eigenvalue weighted by Gasteiger charge is -2.27. The van der Waals surface area contributed by atoms with Crippen LogP contribution in [-0.4, -0.2) is 33.8 Å². The van der Waals surface area contributed by atoms with E-state index in [-0.39, 0.29) is 12.1 Å². The third kappa shape index (κ3) is 3.12. The largest absolute Gasteiger partial charge is 0.444 e. The van der Waals surface area contributed by atoms with Crippen molar-refractivity contribution in [1.29, 1.82) is 0 Å². The Hall–Kier alpha value is -1.72. The van der Waals surface area contributed by atoms with Gasteiger partial charge in [0.1, 0.15) is 5.60 Å². The molecule has 6 nitrogen and oxygen atoms in total. The number of hydrogen-bond acceptors (Lipinski definition) is 4. The lowest BCUT2D eigenvalue weighted by atomic mass is 10.2. The van der Waals surface area contributed by atoms with Crippen molar-refractivity contribution in [1.82, 2.24) is 14.9 Å². The van der Waals surface area contributed by atoms with Crippen molar-refractivity contribution in [2.45, 2.75) is 39.0 Å². The van der Waals surface area contributed by atoms with E-state index in [1.807, 2.05) is 31.5 Å². The summed E-state index contributed by atoms with van der Waals surface area (Å²) in [5.74, 6) is 0.840. The van der Waals surface area contributed by atoms with Crippen molar-refractivity contribution in [3.63, 3.8) is 0 Å². The minimum atomic E-state index is -0.466. The number of alkyl carbamates (subject to hydrolysis) is 1. The molecule has 6 heteroatoms. The molecule has 1 amide bonds. The number of aromatic nitrogens is 2. The zero-order valence-corrected chi connectivity index (χ0v) is 10.4. The Morgan fingerprint density at radius 1 is 1.65 bits per heavy atom. The molecular formula is C11H18N4O2. The smallest absolute Gasteiger partial charge is 0.407 e. The van der Waals surface area contributed by atoms with Crippen LogP contribution in [0.2, 0.25) is 0 Å². The Morgan fingerprint density at radius 2 is 2.41 bits per heavy atom. The molecule has 1 aromatic heterocycles. The summed E-state index contributed by atoms with van der Waals surface area (Å²) >= 11 is 0. The summed E-state index contributed by atoms with van der Waals surface area (Å²) in [6, 6.07) is 0.0200. The maximum absolute atomic E-state index is 11.6. The lowest BCUT2D eigenvalue weighted by molar-refractivity contribution is 0.0501. The number of nitrogens with one attached hydrogen (secondary N) is 2. The molecule has 0 radical (unpaired) electrons. The van der Waals surface area contributed by atoms with Crippen LogP contribution in [0.1, 0.15) is 20.8 Å². The van der Waals surface area contributed by atoms with E-state index in [2.05, 4.69) is 15.6 Å². The normalized spacial score (nSPS) is 19.1. The summed E-state index contributed by atoms with van der Waals surface area (Å²) in [5, 5.41) is 5.98. The van der Waals surface area contributed by atoms with Gasteiger partial charge in [0.25, 0.3) is 0 Å². The zero-order valence-electron chi connectivity index (χ0n) is 10.4. The zero-order chi connectivity index (χ0) is 12.5.